The molecule has 0 aliphatic carbocycles. The van der Waals surface area contributed by atoms with Crippen LogP contribution in [-0.4, -0.2) is 52.0 Å². The van der Waals surface area contributed by atoms with Crippen LogP contribution in [0, 0.1) is 0 Å². The maximum Gasteiger partial charge on any atom is 0.236 e. The number of aromatic nitrogens is 3. The minimum Gasteiger partial charge on any atom is -0.443 e. The normalized spacial score (nSPS) is 15.5. The average Bonchev–Trinajstić information content (AvgIpc) is 3.38. The summed E-state index contributed by atoms with van der Waals surface area (Å²) in [5.74, 6) is 1.91. The van der Waals surface area contributed by atoms with E-state index in [2.05, 4.69) is 29.7 Å². The number of hydrogen-bond donors (Lipinski definition) is 1. The molecule has 0 unspecified atom stereocenters. The third kappa shape index (κ3) is 3.67. The fourth-order valence-corrected chi connectivity index (χ4v) is 3.40. The van der Waals surface area contributed by atoms with Crippen molar-refractivity contribution in [3.05, 3.63) is 47.9 Å². The molecule has 134 valence electrons. The van der Waals surface area contributed by atoms with E-state index in [0.29, 0.717) is 18.4 Å². The zero-order valence-electron chi connectivity index (χ0n) is 14.2. The summed E-state index contributed by atoms with van der Waals surface area (Å²) < 4.78 is 5.50. The first-order valence-corrected chi connectivity index (χ1v) is 9.23. The minimum atomic E-state index is 0.405. The van der Waals surface area contributed by atoms with Gasteiger partial charge in [-0.1, -0.05) is 6.07 Å². The topological polar surface area (TPSA) is 96.7 Å². The quantitative estimate of drug-likeness (QED) is 0.553. The van der Waals surface area contributed by atoms with Gasteiger partial charge in [0.1, 0.15) is 12.0 Å². The van der Waals surface area contributed by atoms with Crippen molar-refractivity contribution in [1.82, 2.24) is 19.9 Å². The summed E-state index contributed by atoms with van der Waals surface area (Å²) in [5.41, 5.74) is 6.92. The molecule has 2 N–H and O–H groups in total. The monoisotopic (exact) mass is 369 g/mol. The largest absolute Gasteiger partial charge is 0.443 e. The number of guanidine groups is 1. The van der Waals surface area contributed by atoms with Gasteiger partial charge in [0.2, 0.25) is 11.8 Å². The molecule has 0 bridgehead atoms. The second-order valence-electron chi connectivity index (χ2n) is 5.82. The second kappa shape index (κ2) is 7.52. The molecule has 4 rings (SSSR count). The first-order chi connectivity index (χ1) is 12.8. The summed E-state index contributed by atoms with van der Waals surface area (Å²) in [6.07, 6.45) is 5.15. The van der Waals surface area contributed by atoms with Crippen LogP contribution in [0.2, 0.25) is 0 Å². The number of hydrogen-bond acceptors (Lipinski definition) is 7. The Morgan fingerprint density at radius 2 is 2.00 bits per heavy atom. The van der Waals surface area contributed by atoms with Gasteiger partial charge in [-0.15, -0.1) is 11.3 Å². The van der Waals surface area contributed by atoms with Gasteiger partial charge < -0.3 is 20.0 Å². The zero-order chi connectivity index (χ0) is 17.8. The predicted octanol–water partition coefficient (Wildman–Crippen LogP) is 1.83. The van der Waals surface area contributed by atoms with E-state index in [0.717, 1.165) is 42.7 Å². The van der Waals surface area contributed by atoms with Crippen LogP contribution in [0.3, 0.4) is 0 Å². The zero-order valence-corrected chi connectivity index (χ0v) is 15.0. The molecule has 0 atom stereocenters. The fraction of sp³-hybridized carbons (Fsp3) is 0.294. The van der Waals surface area contributed by atoms with Crippen molar-refractivity contribution in [3.8, 4) is 10.8 Å². The minimum absolute atomic E-state index is 0.405. The highest BCUT2D eigenvalue weighted by molar-refractivity contribution is 7.13. The summed E-state index contributed by atoms with van der Waals surface area (Å²) >= 11 is 1.59. The van der Waals surface area contributed by atoms with Gasteiger partial charge in [0.25, 0.3) is 0 Å². The van der Waals surface area contributed by atoms with Crippen LogP contribution in [0.5, 0.6) is 0 Å². The summed E-state index contributed by atoms with van der Waals surface area (Å²) in [7, 11) is 0. The lowest BCUT2D eigenvalue weighted by atomic mass is 10.3. The van der Waals surface area contributed by atoms with Crippen LogP contribution in [0.15, 0.2) is 51.6 Å². The van der Waals surface area contributed by atoms with Crippen molar-refractivity contribution in [3.63, 3.8) is 0 Å². The Balaban J connectivity index is 1.33. The van der Waals surface area contributed by atoms with Gasteiger partial charge in [-0.3, -0.25) is 0 Å². The highest BCUT2D eigenvalue weighted by Crippen LogP contribution is 2.23. The third-order valence-electron chi connectivity index (χ3n) is 4.13. The van der Waals surface area contributed by atoms with Gasteiger partial charge in [0.15, 0.2) is 5.96 Å². The number of anilines is 1. The molecule has 26 heavy (non-hydrogen) atoms. The summed E-state index contributed by atoms with van der Waals surface area (Å²) in [6, 6.07) is 5.77. The van der Waals surface area contributed by atoms with Crippen LogP contribution in [-0.2, 0) is 6.54 Å². The number of nitrogens with zero attached hydrogens (tertiary/aromatic N) is 6. The first kappa shape index (κ1) is 16.5. The molecule has 3 aromatic heterocycles. The van der Waals surface area contributed by atoms with Crippen LogP contribution in [0.25, 0.3) is 10.8 Å². The molecule has 1 aliphatic heterocycles. The van der Waals surface area contributed by atoms with Gasteiger partial charge >= 0.3 is 0 Å². The molecule has 0 radical (unpaired) electrons. The van der Waals surface area contributed by atoms with Crippen molar-refractivity contribution in [2.75, 3.05) is 31.1 Å². The number of nitrogens with two attached hydrogens (primary N) is 1. The molecular formula is C17H19N7OS. The number of rotatable bonds is 4. The molecule has 0 amide bonds. The maximum atomic E-state index is 6.15. The van der Waals surface area contributed by atoms with Crippen molar-refractivity contribution in [2.24, 2.45) is 10.7 Å². The molecular weight excluding hydrogens is 350 g/mol. The van der Waals surface area contributed by atoms with E-state index in [1.54, 1.807) is 30.0 Å². The first-order valence-electron chi connectivity index (χ1n) is 8.35. The fourth-order valence-electron chi connectivity index (χ4n) is 2.75. The Kier molecular flexibility index (Phi) is 4.78. The smallest absolute Gasteiger partial charge is 0.236 e. The SMILES string of the molecule is NC(=NCc1coc(-c2cccs2)n1)N1CCN(c2ncccn2)CC1. The second-order valence-corrected chi connectivity index (χ2v) is 6.77. The Morgan fingerprint density at radius 1 is 1.19 bits per heavy atom. The van der Waals surface area contributed by atoms with Gasteiger partial charge in [-0.2, -0.15) is 0 Å². The number of aliphatic imine (C=N–C) groups is 1. The highest BCUT2D eigenvalue weighted by atomic mass is 32.1. The van der Waals surface area contributed by atoms with E-state index < -0.39 is 0 Å². The third-order valence-corrected chi connectivity index (χ3v) is 4.98. The standard InChI is InChI=1S/C17H19N7OS/c18-16(21-11-13-12-25-15(22-13)14-3-1-10-26-14)23-6-8-24(9-7-23)17-19-4-2-5-20-17/h1-5,10,12H,6-9,11H2,(H2,18,21). The Morgan fingerprint density at radius 3 is 2.73 bits per heavy atom. The van der Waals surface area contributed by atoms with Crippen molar-refractivity contribution in [2.45, 2.75) is 6.54 Å². The van der Waals surface area contributed by atoms with Crippen LogP contribution in [0.1, 0.15) is 5.69 Å². The van der Waals surface area contributed by atoms with E-state index in [1.807, 2.05) is 23.6 Å². The highest BCUT2D eigenvalue weighted by Gasteiger charge is 2.20. The number of oxazole rings is 1. The molecule has 1 aliphatic rings. The summed E-state index contributed by atoms with van der Waals surface area (Å²) in [5, 5.41) is 2.00. The molecule has 0 aromatic carbocycles. The predicted molar refractivity (Wildman–Crippen MR) is 101 cm³/mol. The Hall–Kier alpha value is -2.94. The molecule has 4 heterocycles. The van der Waals surface area contributed by atoms with Crippen LogP contribution < -0.4 is 10.6 Å². The summed E-state index contributed by atoms with van der Waals surface area (Å²) in [6.45, 7) is 3.60. The Labute approximate surface area is 155 Å². The van der Waals surface area contributed by atoms with Crippen LogP contribution >= 0.6 is 11.3 Å². The lowest BCUT2D eigenvalue weighted by Crippen LogP contribution is -2.51. The molecule has 1 saturated heterocycles. The molecule has 1 fully saturated rings. The van der Waals surface area contributed by atoms with Crippen molar-refractivity contribution in [1.29, 1.82) is 0 Å². The van der Waals surface area contributed by atoms with Gasteiger partial charge in [0.05, 0.1) is 11.4 Å². The Bertz CT molecular complexity index is 854. The number of piperazine rings is 1. The van der Waals surface area contributed by atoms with Gasteiger partial charge in [-0.25, -0.2) is 19.9 Å². The molecule has 9 heteroatoms. The molecule has 8 nitrogen and oxygen atoms in total. The van der Waals surface area contributed by atoms with Crippen molar-refractivity contribution >= 4 is 23.2 Å². The number of thiophene rings is 1. The molecule has 0 spiro atoms. The van der Waals surface area contributed by atoms with E-state index >= 15 is 0 Å². The van der Waals surface area contributed by atoms with E-state index in [9.17, 15) is 0 Å². The summed E-state index contributed by atoms with van der Waals surface area (Å²) in [4.78, 5) is 22.7. The van der Waals surface area contributed by atoms with Gasteiger partial charge in [-0.05, 0) is 17.5 Å². The molecule has 0 saturated carbocycles. The van der Waals surface area contributed by atoms with E-state index in [1.165, 1.54) is 0 Å². The van der Waals surface area contributed by atoms with Crippen molar-refractivity contribution < 1.29 is 4.42 Å². The van der Waals surface area contributed by atoms with Crippen LogP contribution in [0.4, 0.5) is 5.95 Å². The average molecular weight is 369 g/mol. The van der Waals surface area contributed by atoms with E-state index in [-0.39, 0.29) is 0 Å². The molecule has 3 aromatic rings. The van der Waals surface area contributed by atoms with E-state index in [4.69, 9.17) is 10.2 Å². The van der Waals surface area contributed by atoms with Gasteiger partial charge in [0, 0.05) is 38.6 Å². The lowest BCUT2D eigenvalue weighted by molar-refractivity contribution is 0.378. The maximum absolute atomic E-state index is 6.15. The lowest BCUT2D eigenvalue weighted by Gasteiger charge is -2.35.